The van der Waals surface area contributed by atoms with E-state index in [1.807, 2.05) is 25.9 Å². The van der Waals surface area contributed by atoms with Gasteiger partial charge in [-0.3, -0.25) is 14.5 Å². The summed E-state index contributed by atoms with van der Waals surface area (Å²) in [5.74, 6) is -1.36. The van der Waals surface area contributed by atoms with Crippen LogP contribution >= 0.6 is 11.8 Å². The predicted molar refractivity (Wildman–Crippen MR) is 130 cm³/mol. The van der Waals surface area contributed by atoms with Crippen LogP contribution in [0.3, 0.4) is 0 Å². The van der Waals surface area contributed by atoms with Crippen molar-refractivity contribution in [2.24, 2.45) is 17.8 Å². The van der Waals surface area contributed by atoms with Crippen molar-refractivity contribution in [2.75, 3.05) is 40.3 Å². The highest BCUT2D eigenvalue weighted by Crippen LogP contribution is 2.52. The van der Waals surface area contributed by atoms with Crippen molar-refractivity contribution in [1.29, 1.82) is 0 Å². The van der Waals surface area contributed by atoms with E-state index in [0.29, 0.717) is 23.8 Å². The van der Waals surface area contributed by atoms with E-state index in [9.17, 15) is 24.6 Å². The van der Waals surface area contributed by atoms with Crippen LogP contribution < -0.4 is 5.32 Å². The quantitative estimate of drug-likeness (QED) is 0.319. The third-order valence-corrected chi connectivity index (χ3v) is 9.53. The normalized spacial score (nSPS) is 34.6. The number of carbonyl (C=O) groups excluding carboxylic acids is 2. The Morgan fingerprint density at radius 3 is 2.68 bits per heavy atom. The molecule has 0 aromatic carbocycles. The number of hydrogen-bond donors (Lipinski definition) is 3. The topological polar surface area (TPSA) is 113 Å². The van der Waals surface area contributed by atoms with Crippen LogP contribution in [0.2, 0.25) is 0 Å². The van der Waals surface area contributed by atoms with Gasteiger partial charge in [0.1, 0.15) is 5.70 Å². The number of aliphatic hydroxyl groups excluding tert-OH is 1. The van der Waals surface area contributed by atoms with Gasteiger partial charge in [0.2, 0.25) is 11.8 Å². The number of thioether (sulfide) groups is 1. The molecule has 3 N–H and O–H groups in total. The molecule has 0 saturated carbocycles. The number of amides is 2. The van der Waals surface area contributed by atoms with Gasteiger partial charge >= 0.3 is 5.97 Å². The van der Waals surface area contributed by atoms with Crippen LogP contribution in [0.1, 0.15) is 39.5 Å². The van der Waals surface area contributed by atoms with E-state index >= 15 is 0 Å². The van der Waals surface area contributed by atoms with Crippen molar-refractivity contribution in [1.82, 2.24) is 20.0 Å². The lowest BCUT2D eigenvalue weighted by molar-refractivity contribution is -0.163. The number of aliphatic carboxylic acids is 1. The highest BCUT2D eigenvalue weighted by Gasteiger charge is 2.60. The van der Waals surface area contributed by atoms with E-state index in [1.165, 1.54) is 16.7 Å². The number of likely N-dealkylation sites (tertiary alicyclic amines) is 2. The van der Waals surface area contributed by atoms with Gasteiger partial charge in [-0.1, -0.05) is 6.92 Å². The molecule has 7 atom stereocenters. The van der Waals surface area contributed by atoms with Gasteiger partial charge in [0.15, 0.2) is 0 Å². The van der Waals surface area contributed by atoms with Gasteiger partial charge in [0.25, 0.3) is 0 Å². The fraction of sp³-hybridized carbons (Fsp3) is 0.792. The zero-order chi connectivity index (χ0) is 24.7. The summed E-state index contributed by atoms with van der Waals surface area (Å²) >= 11 is 1.51. The summed E-state index contributed by atoms with van der Waals surface area (Å²) in [6.07, 6.45) is 3.19. The molecule has 34 heavy (non-hydrogen) atoms. The maximum atomic E-state index is 13.3. The van der Waals surface area contributed by atoms with Gasteiger partial charge in [-0.15, -0.1) is 11.8 Å². The Hall–Kier alpha value is -1.62. The molecule has 0 aromatic heterocycles. The number of nitrogens with one attached hydrogen (secondary N) is 1. The van der Waals surface area contributed by atoms with Crippen molar-refractivity contribution in [3.05, 3.63) is 10.6 Å². The molecule has 0 aromatic rings. The minimum absolute atomic E-state index is 0.0609. The Morgan fingerprint density at radius 1 is 1.29 bits per heavy atom. The highest BCUT2D eigenvalue weighted by atomic mass is 32.2. The molecule has 0 aliphatic carbocycles. The first-order valence-corrected chi connectivity index (χ1v) is 13.3. The smallest absolute Gasteiger partial charge is 0.353 e. The third-order valence-electron chi connectivity index (χ3n) is 8.04. The maximum Gasteiger partial charge on any atom is 0.353 e. The van der Waals surface area contributed by atoms with E-state index in [2.05, 4.69) is 10.2 Å². The fourth-order valence-corrected chi connectivity index (χ4v) is 7.83. The van der Waals surface area contributed by atoms with E-state index in [4.69, 9.17) is 0 Å². The van der Waals surface area contributed by atoms with Crippen LogP contribution in [0.15, 0.2) is 10.6 Å². The summed E-state index contributed by atoms with van der Waals surface area (Å²) in [5.41, 5.74) is 0.0609. The molecule has 4 heterocycles. The zero-order valence-corrected chi connectivity index (χ0v) is 21.4. The number of likely N-dealkylation sites (N-methyl/N-ethyl adjacent to an activating group) is 1. The average molecular weight is 495 g/mol. The number of carbonyl (C=O) groups is 3. The largest absolute Gasteiger partial charge is 0.477 e. The number of carboxylic acid groups (broad SMARTS) is 1. The molecular weight excluding hydrogens is 456 g/mol. The van der Waals surface area contributed by atoms with Gasteiger partial charge in [-0.25, -0.2) is 4.79 Å². The summed E-state index contributed by atoms with van der Waals surface area (Å²) in [6.45, 7) is 6.87. The monoisotopic (exact) mass is 494 g/mol. The summed E-state index contributed by atoms with van der Waals surface area (Å²) in [6, 6.07) is -0.495. The average Bonchev–Trinajstić information content (AvgIpc) is 3.44. The van der Waals surface area contributed by atoms with Crippen LogP contribution in [0.25, 0.3) is 0 Å². The molecule has 0 spiro atoms. The zero-order valence-electron chi connectivity index (χ0n) is 20.6. The molecule has 3 fully saturated rings. The lowest BCUT2D eigenvalue weighted by Gasteiger charge is -2.46. The predicted octanol–water partition coefficient (Wildman–Crippen LogP) is 0.794. The van der Waals surface area contributed by atoms with Crippen LogP contribution in [0.4, 0.5) is 0 Å². The van der Waals surface area contributed by atoms with Crippen molar-refractivity contribution >= 4 is 29.5 Å². The third kappa shape index (κ3) is 4.50. The molecule has 9 nitrogen and oxygen atoms in total. The molecule has 4 aliphatic rings. The van der Waals surface area contributed by atoms with Crippen molar-refractivity contribution < 1.29 is 24.6 Å². The number of carboxylic acids is 1. The molecule has 0 bridgehead atoms. The molecular formula is C24H38N4O5S. The van der Waals surface area contributed by atoms with E-state index < -0.39 is 18.0 Å². The fourth-order valence-electron chi connectivity index (χ4n) is 6.23. The first-order valence-electron chi connectivity index (χ1n) is 12.4. The molecule has 190 valence electrons. The van der Waals surface area contributed by atoms with Gasteiger partial charge in [-0.05, 0) is 59.2 Å². The molecule has 4 aliphatic heterocycles. The van der Waals surface area contributed by atoms with Crippen LogP contribution in [-0.4, -0.2) is 106 Å². The minimum Gasteiger partial charge on any atom is -0.477 e. The van der Waals surface area contributed by atoms with Crippen molar-refractivity contribution in [3.8, 4) is 0 Å². The first kappa shape index (κ1) is 25.5. The second-order valence-corrected chi connectivity index (χ2v) is 11.7. The molecule has 3 unspecified atom stereocenters. The molecule has 10 heteroatoms. The highest BCUT2D eigenvalue weighted by molar-refractivity contribution is 8.03. The van der Waals surface area contributed by atoms with E-state index in [1.54, 1.807) is 6.92 Å². The molecule has 2 amide bonds. The molecule has 0 radical (unpaired) electrons. The summed E-state index contributed by atoms with van der Waals surface area (Å²) < 4.78 is 0. The minimum atomic E-state index is -1.10. The van der Waals surface area contributed by atoms with Gasteiger partial charge in [0, 0.05) is 35.7 Å². The number of fused-ring (bicyclic) bond motifs is 1. The number of β-lactam (4-membered cyclic amide) rings is 1. The standard InChI is InChI=1S/C24H38N4O5S/c1-13-19-18(14(2)29)23(31)28(19)20(24(32)33)21(13)34-16-10-17(26(4)12-16)22(30)27-9-7-15(11-27)6-5-8-25-3/h13-19,25,29H,5-12H2,1-4H3,(H,32,33)/t13-,14-,15?,16+,17+,18?,19?/m1/s1. The summed E-state index contributed by atoms with van der Waals surface area (Å²) in [7, 11) is 3.93. The lowest BCUT2D eigenvalue weighted by atomic mass is 9.79. The van der Waals surface area contributed by atoms with Gasteiger partial charge in [-0.2, -0.15) is 0 Å². The van der Waals surface area contributed by atoms with Crippen LogP contribution in [0.5, 0.6) is 0 Å². The second-order valence-electron chi connectivity index (χ2n) is 10.4. The Bertz CT molecular complexity index is 864. The Morgan fingerprint density at radius 2 is 2.03 bits per heavy atom. The van der Waals surface area contributed by atoms with E-state index in [0.717, 1.165) is 38.9 Å². The Labute approximate surface area is 205 Å². The van der Waals surface area contributed by atoms with Gasteiger partial charge in [0.05, 0.1) is 24.1 Å². The summed E-state index contributed by atoms with van der Waals surface area (Å²) in [4.78, 5) is 44.1. The second kappa shape index (κ2) is 10.2. The number of hydrogen-bond acceptors (Lipinski definition) is 7. The SMILES string of the molecule is CNCCCC1CCN(C(=O)[C@@H]2C[C@H](SC3=C(C(=O)O)N4C(=O)C([C@@H](C)O)C4[C@H]3C)CN2C)C1. The van der Waals surface area contributed by atoms with E-state index in [-0.39, 0.29) is 40.8 Å². The number of rotatable bonds is 9. The number of nitrogens with zero attached hydrogens (tertiary/aromatic N) is 3. The van der Waals surface area contributed by atoms with Crippen LogP contribution in [-0.2, 0) is 14.4 Å². The first-order chi connectivity index (χ1) is 16.1. The van der Waals surface area contributed by atoms with Gasteiger partial charge < -0.3 is 25.3 Å². The van der Waals surface area contributed by atoms with Crippen LogP contribution in [0, 0.1) is 17.8 Å². The van der Waals surface area contributed by atoms with Crippen molar-refractivity contribution in [3.63, 3.8) is 0 Å². The molecule has 3 saturated heterocycles. The lowest BCUT2D eigenvalue weighted by Crippen LogP contribution is -2.63. The summed E-state index contributed by atoms with van der Waals surface area (Å²) in [5, 5.41) is 23.2. The molecule has 4 rings (SSSR count). The Balaban J connectivity index is 1.40. The Kier molecular flexibility index (Phi) is 7.61. The van der Waals surface area contributed by atoms with Crippen molar-refractivity contribution in [2.45, 2.75) is 63.0 Å². The maximum absolute atomic E-state index is 13.3. The number of aliphatic hydroxyl groups is 1.